The SMILES string of the molecule is COC(=O)c1cccc(O[C@@H](C)C(=O)NC(=O)NC(C)C)c1. The number of ether oxygens (including phenoxy) is 2. The van der Waals surface area contributed by atoms with Crippen molar-refractivity contribution in [3.8, 4) is 5.75 Å². The molecule has 22 heavy (non-hydrogen) atoms. The Bertz CT molecular complexity index is 557. The van der Waals surface area contributed by atoms with Crippen LogP contribution in [-0.4, -0.2) is 37.2 Å². The first-order valence-electron chi connectivity index (χ1n) is 6.80. The van der Waals surface area contributed by atoms with E-state index in [1.54, 1.807) is 32.0 Å². The largest absolute Gasteiger partial charge is 0.481 e. The van der Waals surface area contributed by atoms with Crippen LogP contribution in [0.3, 0.4) is 0 Å². The molecule has 0 spiro atoms. The molecule has 0 aliphatic heterocycles. The van der Waals surface area contributed by atoms with Crippen molar-refractivity contribution < 1.29 is 23.9 Å². The Balaban J connectivity index is 2.64. The van der Waals surface area contributed by atoms with Gasteiger partial charge in [0.15, 0.2) is 6.10 Å². The lowest BCUT2D eigenvalue weighted by Gasteiger charge is -2.15. The van der Waals surface area contributed by atoms with Crippen LogP contribution in [0, 0.1) is 0 Å². The molecular formula is C15H20N2O5. The monoisotopic (exact) mass is 308 g/mol. The van der Waals surface area contributed by atoms with Crippen molar-refractivity contribution in [1.29, 1.82) is 0 Å². The molecule has 0 saturated heterocycles. The average molecular weight is 308 g/mol. The van der Waals surface area contributed by atoms with E-state index in [9.17, 15) is 14.4 Å². The van der Waals surface area contributed by atoms with Crippen LogP contribution in [0.1, 0.15) is 31.1 Å². The number of carbonyl (C=O) groups is 3. The first-order valence-corrected chi connectivity index (χ1v) is 6.80. The van der Waals surface area contributed by atoms with Gasteiger partial charge in [-0.05, 0) is 39.0 Å². The lowest BCUT2D eigenvalue weighted by Crippen LogP contribution is -2.46. The third-order valence-corrected chi connectivity index (χ3v) is 2.59. The molecular weight excluding hydrogens is 288 g/mol. The lowest BCUT2D eigenvalue weighted by atomic mass is 10.2. The van der Waals surface area contributed by atoms with Crippen LogP contribution in [0.15, 0.2) is 24.3 Å². The summed E-state index contributed by atoms with van der Waals surface area (Å²) in [7, 11) is 1.28. The molecule has 0 unspecified atom stereocenters. The van der Waals surface area contributed by atoms with Gasteiger partial charge in [-0.2, -0.15) is 0 Å². The van der Waals surface area contributed by atoms with Gasteiger partial charge in [0.2, 0.25) is 0 Å². The van der Waals surface area contributed by atoms with Crippen molar-refractivity contribution in [2.75, 3.05) is 7.11 Å². The molecule has 120 valence electrons. The normalized spacial score (nSPS) is 11.5. The zero-order valence-corrected chi connectivity index (χ0v) is 13.0. The summed E-state index contributed by atoms with van der Waals surface area (Å²) in [4.78, 5) is 34.7. The van der Waals surface area contributed by atoms with Crippen molar-refractivity contribution in [3.05, 3.63) is 29.8 Å². The number of hydrogen-bond donors (Lipinski definition) is 2. The number of nitrogens with one attached hydrogen (secondary N) is 2. The number of benzene rings is 1. The fraction of sp³-hybridized carbons (Fsp3) is 0.400. The maximum absolute atomic E-state index is 11.8. The summed E-state index contributed by atoms with van der Waals surface area (Å²) in [6, 6.07) is 5.57. The summed E-state index contributed by atoms with van der Waals surface area (Å²) < 4.78 is 10.0. The molecule has 7 nitrogen and oxygen atoms in total. The summed E-state index contributed by atoms with van der Waals surface area (Å²) >= 11 is 0. The smallest absolute Gasteiger partial charge is 0.337 e. The van der Waals surface area contributed by atoms with E-state index in [0.717, 1.165) is 0 Å². The van der Waals surface area contributed by atoms with Crippen LogP contribution in [0.5, 0.6) is 5.75 Å². The third-order valence-electron chi connectivity index (χ3n) is 2.59. The van der Waals surface area contributed by atoms with Crippen molar-refractivity contribution in [1.82, 2.24) is 10.6 Å². The maximum atomic E-state index is 11.8. The fourth-order valence-electron chi connectivity index (χ4n) is 1.58. The Morgan fingerprint density at radius 3 is 2.41 bits per heavy atom. The minimum absolute atomic E-state index is 0.0826. The molecule has 1 aromatic rings. The number of hydrogen-bond acceptors (Lipinski definition) is 5. The molecule has 0 fully saturated rings. The van der Waals surface area contributed by atoms with Crippen molar-refractivity contribution in [2.45, 2.75) is 32.9 Å². The van der Waals surface area contributed by atoms with Crippen LogP contribution < -0.4 is 15.4 Å². The van der Waals surface area contributed by atoms with E-state index in [4.69, 9.17) is 4.74 Å². The highest BCUT2D eigenvalue weighted by molar-refractivity contribution is 5.96. The average Bonchev–Trinajstić information content (AvgIpc) is 2.45. The van der Waals surface area contributed by atoms with E-state index in [0.29, 0.717) is 11.3 Å². The van der Waals surface area contributed by atoms with Gasteiger partial charge < -0.3 is 14.8 Å². The molecule has 0 bridgehead atoms. The van der Waals surface area contributed by atoms with E-state index in [1.807, 2.05) is 0 Å². The molecule has 3 amide bonds. The number of imide groups is 1. The first kappa shape index (κ1) is 17.5. The van der Waals surface area contributed by atoms with Gasteiger partial charge >= 0.3 is 12.0 Å². The molecule has 1 aromatic carbocycles. The van der Waals surface area contributed by atoms with Crippen LogP contribution in [-0.2, 0) is 9.53 Å². The van der Waals surface area contributed by atoms with Crippen LogP contribution in [0.25, 0.3) is 0 Å². The summed E-state index contributed by atoms with van der Waals surface area (Å²) in [6.45, 7) is 5.06. The highest BCUT2D eigenvalue weighted by Crippen LogP contribution is 2.15. The number of esters is 1. The van der Waals surface area contributed by atoms with E-state index in [1.165, 1.54) is 20.1 Å². The van der Waals surface area contributed by atoms with Gasteiger partial charge in [-0.15, -0.1) is 0 Å². The van der Waals surface area contributed by atoms with Gasteiger partial charge in [0.05, 0.1) is 12.7 Å². The molecule has 1 atom stereocenters. The predicted molar refractivity (Wildman–Crippen MR) is 79.7 cm³/mol. The number of rotatable bonds is 5. The summed E-state index contributed by atoms with van der Waals surface area (Å²) in [5.74, 6) is -0.754. The second kappa shape index (κ2) is 8.02. The molecule has 0 saturated carbocycles. The predicted octanol–water partition coefficient (Wildman–Crippen LogP) is 1.47. The Kier molecular flexibility index (Phi) is 6.37. The minimum Gasteiger partial charge on any atom is -0.481 e. The molecule has 2 N–H and O–H groups in total. The highest BCUT2D eigenvalue weighted by Gasteiger charge is 2.18. The molecule has 0 heterocycles. The topological polar surface area (TPSA) is 93.7 Å². The molecule has 7 heteroatoms. The Labute approximate surface area is 129 Å². The second-order valence-electron chi connectivity index (χ2n) is 4.90. The second-order valence-corrected chi connectivity index (χ2v) is 4.90. The van der Waals surface area contributed by atoms with Gasteiger partial charge in [0.1, 0.15) is 5.75 Å². The standard InChI is InChI=1S/C15H20N2O5/c1-9(2)16-15(20)17-13(18)10(3)22-12-7-5-6-11(8-12)14(19)21-4/h5-10H,1-4H3,(H2,16,17,18,20)/t10-/m0/s1. The van der Waals surface area contributed by atoms with Crippen molar-refractivity contribution >= 4 is 17.9 Å². The molecule has 0 aliphatic rings. The number of methoxy groups -OCH3 is 1. The van der Waals surface area contributed by atoms with E-state index >= 15 is 0 Å². The van der Waals surface area contributed by atoms with E-state index in [2.05, 4.69) is 15.4 Å². The molecule has 1 rings (SSSR count). The number of urea groups is 1. The lowest BCUT2D eigenvalue weighted by molar-refractivity contribution is -0.126. The van der Waals surface area contributed by atoms with Crippen molar-refractivity contribution in [3.63, 3.8) is 0 Å². The zero-order chi connectivity index (χ0) is 16.7. The zero-order valence-electron chi connectivity index (χ0n) is 13.0. The summed E-state index contributed by atoms with van der Waals surface area (Å²) in [6.07, 6.45) is -0.897. The Hall–Kier alpha value is -2.57. The van der Waals surface area contributed by atoms with Crippen LogP contribution >= 0.6 is 0 Å². The van der Waals surface area contributed by atoms with Crippen molar-refractivity contribution in [2.24, 2.45) is 0 Å². The van der Waals surface area contributed by atoms with Crippen LogP contribution in [0.2, 0.25) is 0 Å². The van der Waals surface area contributed by atoms with E-state index < -0.39 is 24.0 Å². The highest BCUT2D eigenvalue weighted by atomic mass is 16.5. The quantitative estimate of drug-likeness (QED) is 0.803. The van der Waals surface area contributed by atoms with Gasteiger partial charge in [0, 0.05) is 6.04 Å². The number of amides is 3. The van der Waals surface area contributed by atoms with Gasteiger partial charge in [0.25, 0.3) is 5.91 Å². The summed E-state index contributed by atoms with van der Waals surface area (Å²) in [5, 5.41) is 4.71. The molecule has 0 aliphatic carbocycles. The van der Waals surface area contributed by atoms with Gasteiger partial charge in [-0.25, -0.2) is 9.59 Å². The molecule has 0 aromatic heterocycles. The first-order chi connectivity index (χ1) is 10.3. The van der Waals surface area contributed by atoms with E-state index in [-0.39, 0.29) is 6.04 Å². The van der Waals surface area contributed by atoms with Gasteiger partial charge in [-0.1, -0.05) is 6.07 Å². The van der Waals surface area contributed by atoms with Crippen LogP contribution in [0.4, 0.5) is 4.79 Å². The fourth-order valence-corrected chi connectivity index (χ4v) is 1.58. The summed E-state index contributed by atoms with van der Waals surface area (Å²) in [5.41, 5.74) is 0.310. The Morgan fingerprint density at radius 1 is 1.14 bits per heavy atom. The maximum Gasteiger partial charge on any atom is 0.337 e. The minimum atomic E-state index is -0.897. The Morgan fingerprint density at radius 2 is 1.82 bits per heavy atom. The van der Waals surface area contributed by atoms with Gasteiger partial charge in [-0.3, -0.25) is 10.1 Å². The third kappa shape index (κ3) is 5.43. The molecule has 0 radical (unpaired) electrons. The number of carbonyl (C=O) groups excluding carboxylic acids is 3.